The summed E-state index contributed by atoms with van der Waals surface area (Å²) in [6, 6.07) is 3.72. The van der Waals surface area contributed by atoms with Gasteiger partial charge in [-0.2, -0.15) is 0 Å². The molecule has 0 atom stereocenters. The molecule has 0 spiro atoms. The summed E-state index contributed by atoms with van der Waals surface area (Å²) in [5.41, 5.74) is -1.58. The van der Waals surface area contributed by atoms with Gasteiger partial charge < -0.3 is 0 Å². The van der Waals surface area contributed by atoms with Gasteiger partial charge in [-0.05, 0) is 18.6 Å². The lowest BCUT2D eigenvalue weighted by Gasteiger charge is -2.04. The van der Waals surface area contributed by atoms with Gasteiger partial charge in [-0.15, -0.1) is 0 Å². The fourth-order valence-corrected chi connectivity index (χ4v) is 1.56. The Balaban J connectivity index is 2.74. The van der Waals surface area contributed by atoms with E-state index in [0.29, 0.717) is 6.07 Å². The van der Waals surface area contributed by atoms with E-state index in [2.05, 4.69) is 4.98 Å². The van der Waals surface area contributed by atoms with Gasteiger partial charge in [0.15, 0.2) is 0 Å². The van der Waals surface area contributed by atoms with Crippen LogP contribution in [0.3, 0.4) is 0 Å². The van der Waals surface area contributed by atoms with Crippen molar-refractivity contribution < 1.29 is 9.85 Å². The summed E-state index contributed by atoms with van der Waals surface area (Å²) in [4.78, 5) is 35.6. The number of hydrogen-bond acceptors (Lipinski definition) is 6. The van der Waals surface area contributed by atoms with E-state index in [1.165, 1.54) is 12.3 Å². The standard InChI is InChI=1S/C11H8N4O5/c1-7-2-3-10(12-5-7)13-6-8(14(17)18)4-9(11(13)16)15(19)20/h2-6H,1H3. The number of hydrogen-bond donors (Lipinski definition) is 0. The van der Waals surface area contributed by atoms with Crippen LogP contribution < -0.4 is 5.56 Å². The maximum Gasteiger partial charge on any atom is 0.341 e. The highest BCUT2D eigenvalue weighted by Gasteiger charge is 2.22. The molecule has 0 saturated heterocycles. The van der Waals surface area contributed by atoms with Crippen LogP contribution in [0.15, 0.2) is 35.4 Å². The van der Waals surface area contributed by atoms with Gasteiger partial charge >= 0.3 is 11.2 Å². The first-order chi connectivity index (χ1) is 9.40. The Labute approximate surface area is 111 Å². The van der Waals surface area contributed by atoms with E-state index in [4.69, 9.17) is 0 Å². The van der Waals surface area contributed by atoms with Crippen molar-refractivity contribution in [2.75, 3.05) is 0 Å². The van der Waals surface area contributed by atoms with E-state index in [0.717, 1.165) is 16.3 Å². The van der Waals surface area contributed by atoms with Gasteiger partial charge in [0.2, 0.25) is 0 Å². The van der Waals surface area contributed by atoms with Gasteiger partial charge in [0.1, 0.15) is 11.9 Å². The van der Waals surface area contributed by atoms with E-state index in [-0.39, 0.29) is 5.82 Å². The molecule has 0 aliphatic rings. The van der Waals surface area contributed by atoms with Crippen LogP contribution in [0.5, 0.6) is 0 Å². The summed E-state index contributed by atoms with van der Waals surface area (Å²) in [5.74, 6) is 0.0763. The number of rotatable bonds is 3. The minimum atomic E-state index is -0.975. The third kappa shape index (κ3) is 2.36. The van der Waals surface area contributed by atoms with Gasteiger partial charge in [0, 0.05) is 6.20 Å². The number of aromatic nitrogens is 2. The Morgan fingerprint density at radius 2 is 1.90 bits per heavy atom. The maximum absolute atomic E-state index is 11.9. The summed E-state index contributed by atoms with van der Waals surface area (Å²) >= 11 is 0. The van der Waals surface area contributed by atoms with E-state index < -0.39 is 26.8 Å². The molecule has 0 amide bonds. The largest absolute Gasteiger partial charge is 0.341 e. The van der Waals surface area contributed by atoms with Crippen LogP contribution in [0.25, 0.3) is 5.82 Å². The van der Waals surface area contributed by atoms with Crippen LogP contribution in [0, 0.1) is 27.2 Å². The lowest BCUT2D eigenvalue weighted by molar-refractivity contribution is -0.395. The van der Waals surface area contributed by atoms with Crippen molar-refractivity contribution >= 4 is 11.4 Å². The van der Waals surface area contributed by atoms with E-state index in [1.807, 2.05) is 0 Å². The lowest BCUT2D eigenvalue weighted by Crippen LogP contribution is -2.22. The number of pyridine rings is 2. The van der Waals surface area contributed by atoms with Crippen molar-refractivity contribution in [3.63, 3.8) is 0 Å². The molecule has 0 saturated carbocycles. The van der Waals surface area contributed by atoms with Crippen LogP contribution in [0.4, 0.5) is 11.4 Å². The van der Waals surface area contributed by atoms with E-state index in [1.54, 1.807) is 13.0 Å². The molecule has 9 nitrogen and oxygen atoms in total. The smallest absolute Gasteiger partial charge is 0.261 e. The second kappa shape index (κ2) is 4.88. The molecule has 2 aromatic heterocycles. The Kier molecular flexibility index (Phi) is 3.25. The molecule has 2 aromatic rings. The Morgan fingerprint density at radius 1 is 1.20 bits per heavy atom. The van der Waals surface area contributed by atoms with Crippen LogP contribution in [0.2, 0.25) is 0 Å². The average molecular weight is 276 g/mol. The predicted molar refractivity (Wildman–Crippen MR) is 67.9 cm³/mol. The predicted octanol–water partition coefficient (Wildman–Crippen LogP) is 1.36. The van der Waals surface area contributed by atoms with Crippen LogP contribution >= 0.6 is 0 Å². The van der Waals surface area contributed by atoms with Gasteiger partial charge in [-0.1, -0.05) is 6.07 Å². The molecule has 20 heavy (non-hydrogen) atoms. The van der Waals surface area contributed by atoms with Gasteiger partial charge in [-0.25, -0.2) is 4.98 Å². The quantitative estimate of drug-likeness (QED) is 0.616. The molecule has 102 valence electrons. The average Bonchev–Trinajstić information content (AvgIpc) is 2.39. The first-order valence-electron chi connectivity index (χ1n) is 5.38. The molecule has 2 heterocycles. The zero-order valence-electron chi connectivity index (χ0n) is 10.2. The highest BCUT2D eigenvalue weighted by molar-refractivity contribution is 5.42. The first-order valence-corrected chi connectivity index (χ1v) is 5.38. The highest BCUT2D eigenvalue weighted by atomic mass is 16.6. The number of nitro groups is 2. The van der Waals surface area contributed by atoms with Crippen LogP contribution in [-0.4, -0.2) is 19.4 Å². The van der Waals surface area contributed by atoms with Crippen molar-refractivity contribution in [3.8, 4) is 5.82 Å². The summed E-state index contributed by atoms with van der Waals surface area (Å²) in [6.07, 6.45) is 2.36. The topological polar surface area (TPSA) is 121 Å². The second-order valence-corrected chi connectivity index (χ2v) is 3.97. The Hall–Kier alpha value is -3.10. The molecular weight excluding hydrogens is 268 g/mol. The van der Waals surface area contributed by atoms with Crippen LogP contribution in [-0.2, 0) is 0 Å². The molecule has 0 unspecified atom stereocenters. The summed E-state index contributed by atoms with van der Waals surface area (Å²) in [5, 5.41) is 21.6. The van der Waals surface area contributed by atoms with E-state index >= 15 is 0 Å². The lowest BCUT2D eigenvalue weighted by atomic mass is 10.3. The van der Waals surface area contributed by atoms with Gasteiger partial charge in [-0.3, -0.25) is 29.6 Å². The molecule has 0 aliphatic heterocycles. The molecule has 0 fully saturated rings. The molecular formula is C11H8N4O5. The normalized spacial score (nSPS) is 10.2. The van der Waals surface area contributed by atoms with E-state index in [9.17, 15) is 25.0 Å². The third-order valence-corrected chi connectivity index (χ3v) is 2.53. The minimum Gasteiger partial charge on any atom is -0.261 e. The molecule has 0 aromatic carbocycles. The minimum absolute atomic E-state index is 0.0763. The molecule has 2 rings (SSSR count). The number of aryl methyl sites for hydroxylation is 1. The Bertz CT molecular complexity index is 750. The third-order valence-electron chi connectivity index (χ3n) is 2.53. The SMILES string of the molecule is Cc1ccc(-n2cc([N+](=O)[O-])cc([N+](=O)[O-])c2=O)nc1. The Morgan fingerprint density at radius 3 is 2.40 bits per heavy atom. The number of nitrogens with zero attached hydrogens (tertiary/aromatic N) is 4. The fourth-order valence-electron chi connectivity index (χ4n) is 1.56. The molecule has 0 radical (unpaired) electrons. The molecule has 0 N–H and O–H groups in total. The molecule has 0 bridgehead atoms. The monoisotopic (exact) mass is 276 g/mol. The fraction of sp³-hybridized carbons (Fsp3) is 0.0909. The summed E-state index contributed by atoms with van der Waals surface area (Å²) < 4.78 is 0.787. The molecule has 9 heteroatoms. The van der Waals surface area contributed by atoms with Crippen molar-refractivity contribution in [3.05, 3.63) is 66.7 Å². The van der Waals surface area contributed by atoms with Gasteiger partial charge in [0.05, 0.1) is 16.0 Å². The zero-order chi connectivity index (χ0) is 14.9. The maximum atomic E-state index is 11.9. The van der Waals surface area contributed by atoms with Crippen molar-refractivity contribution in [2.45, 2.75) is 6.92 Å². The van der Waals surface area contributed by atoms with Crippen LogP contribution in [0.1, 0.15) is 5.56 Å². The van der Waals surface area contributed by atoms with Crippen molar-refractivity contribution in [2.24, 2.45) is 0 Å². The first kappa shape index (κ1) is 13.3. The second-order valence-electron chi connectivity index (χ2n) is 3.97. The van der Waals surface area contributed by atoms with Crippen molar-refractivity contribution in [1.29, 1.82) is 0 Å². The molecule has 0 aliphatic carbocycles. The highest BCUT2D eigenvalue weighted by Crippen LogP contribution is 2.17. The summed E-state index contributed by atoms with van der Waals surface area (Å²) in [7, 11) is 0. The van der Waals surface area contributed by atoms with Crippen molar-refractivity contribution in [1.82, 2.24) is 9.55 Å². The van der Waals surface area contributed by atoms with Gasteiger partial charge in [0.25, 0.3) is 5.69 Å². The summed E-state index contributed by atoms with van der Waals surface area (Å²) in [6.45, 7) is 1.77. The zero-order valence-corrected chi connectivity index (χ0v) is 10.2.